The van der Waals surface area contributed by atoms with Crippen molar-refractivity contribution in [1.82, 2.24) is 14.9 Å². The molecule has 1 unspecified atom stereocenters. The van der Waals surface area contributed by atoms with Gasteiger partial charge in [-0.3, -0.25) is 10.2 Å². The highest BCUT2D eigenvalue weighted by atomic mass is 35.5. The minimum absolute atomic E-state index is 0.0347. The first-order valence-electron chi connectivity index (χ1n) is 16.2. The summed E-state index contributed by atoms with van der Waals surface area (Å²) in [5.74, 6) is -2.22. The number of hydrogen-bond acceptors (Lipinski definition) is 10. The van der Waals surface area contributed by atoms with Gasteiger partial charge in [0, 0.05) is 30.5 Å². The molecule has 4 atom stereocenters. The standard InChI is InChI=1S/C33H28ClF5N6O5S/c34-23-21(16-2-3-18(36)27-20(16)17(9-40)30(51-27)43-32(46)47)24(37)25-22-26(23)49-12-19(28(38)39)45(15-4-7-48-11-15)29(22)42-31(41-25)50-13-33-5-1-6-44(33)10-14(35)8-33/h2-3,14-15,19,28,43H,1,4-8,10-13H2,(H,46,47)/t14-,15?,19-,33+/m1/s1. The highest BCUT2D eigenvalue weighted by Gasteiger charge is 2.50. The topological polar surface area (TPSA) is 133 Å². The first-order chi connectivity index (χ1) is 24.5. The van der Waals surface area contributed by atoms with E-state index in [1.165, 1.54) is 11.0 Å². The molecule has 1 amide bonds. The van der Waals surface area contributed by atoms with E-state index in [1.807, 2.05) is 11.0 Å². The molecule has 11 nitrogen and oxygen atoms in total. The number of carbonyl (C=O) groups is 1. The highest BCUT2D eigenvalue weighted by molar-refractivity contribution is 7.23. The number of thiophene rings is 1. The molecule has 3 saturated heterocycles. The molecular formula is C33H28ClF5N6O5S. The van der Waals surface area contributed by atoms with Crippen molar-refractivity contribution < 1.29 is 46.1 Å². The number of alkyl halides is 3. The molecule has 0 aliphatic carbocycles. The molecule has 0 radical (unpaired) electrons. The summed E-state index contributed by atoms with van der Waals surface area (Å²) in [6, 6.07) is 1.54. The molecule has 51 heavy (non-hydrogen) atoms. The number of amides is 1. The number of nitrogens with one attached hydrogen (secondary N) is 1. The number of rotatable bonds is 7. The molecule has 0 saturated carbocycles. The van der Waals surface area contributed by atoms with Crippen molar-refractivity contribution in [3.63, 3.8) is 0 Å². The van der Waals surface area contributed by atoms with Gasteiger partial charge in [0.05, 0.1) is 38.9 Å². The average molecular weight is 751 g/mol. The Balaban J connectivity index is 1.37. The van der Waals surface area contributed by atoms with Crippen LogP contribution in [0.2, 0.25) is 5.02 Å². The number of anilines is 2. The molecule has 0 spiro atoms. The molecule has 4 aromatic rings. The van der Waals surface area contributed by atoms with Crippen LogP contribution < -0.4 is 19.7 Å². The van der Waals surface area contributed by atoms with Crippen molar-refractivity contribution in [2.45, 2.75) is 55.9 Å². The van der Waals surface area contributed by atoms with Crippen molar-refractivity contribution in [2.75, 3.05) is 49.7 Å². The molecule has 0 bridgehead atoms. The van der Waals surface area contributed by atoms with Gasteiger partial charge >= 0.3 is 12.1 Å². The Kier molecular flexibility index (Phi) is 8.48. The number of nitrogens with zero attached hydrogens (tertiary/aromatic N) is 5. The predicted molar refractivity (Wildman–Crippen MR) is 177 cm³/mol. The molecule has 2 aromatic heterocycles. The van der Waals surface area contributed by atoms with E-state index in [0.29, 0.717) is 37.3 Å². The van der Waals surface area contributed by atoms with Gasteiger partial charge in [-0.1, -0.05) is 17.7 Å². The van der Waals surface area contributed by atoms with Gasteiger partial charge in [0.2, 0.25) is 0 Å². The summed E-state index contributed by atoms with van der Waals surface area (Å²) in [5, 5.41) is 20.7. The number of carboxylic acid groups (broad SMARTS) is 1. The SMILES string of the molecule is N#Cc1c(NC(=O)O)sc2c(F)ccc(-c3c(Cl)c4c5c(nc(OC[C@@]67CCCN6C[C@H](F)C7)nc5c3F)N(C3CCOC3)[C@@H](C(F)F)CO4)c12. The third kappa shape index (κ3) is 5.45. The smallest absolute Gasteiger partial charge is 0.409 e. The molecule has 2 N–H and O–H groups in total. The average Bonchev–Trinajstić information content (AvgIpc) is 3.86. The molecule has 6 heterocycles. The summed E-state index contributed by atoms with van der Waals surface area (Å²) in [4.78, 5) is 23.8. The monoisotopic (exact) mass is 750 g/mol. The Hall–Kier alpha value is -4.24. The van der Waals surface area contributed by atoms with Crippen LogP contribution in [0.1, 0.15) is 31.2 Å². The first-order valence-corrected chi connectivity index (χ1v) is 17.4. The zero-order valence-corrected chi connectivity index (χ0v) is 28.1. The van der Waals surface area contributed by atoms with Crippen LogP contribution in [0.25, 0.3) is 32.1 Å². The summed E-state index contributed by atoms with van der Waals surface area (Å²) in [6.45, 7) is 0.676. The zero-order chi connectivity index (χ0) is 35.8. The third-order valence-corrected chi connectivity index (χ3v) is 11.6. The van der Waals surface area contributed by atoms with E-state index in [0.717, 1.165) is 12.5 Å². The van der Waals surface area contributed by atoms with E-state index >= 15 is 8.78 Å². The number of aromatic nitrogens is 2. The van der Waals surface area contributed by atoms with E-state index in [9.17, 15) is 28.3 Å². The van der Waals surface area contributed by atoms with Crippen molar-refractivity contribution in [3.8, 4) is 29.0 Å². The van der Waals surface area contributed by atoms with Gasteiger partial charge in [-0.25, -0.2) is 26.7 Å². The van der Waals surface area contributed by atoms with E-state index in [-0.39, 0.29) is 85.9 Å². The van der Waals surface area contributed by atoms with Gasteiger partial charge in [-0.05, 0) is 37.4 Å². The lowest BCUT2D eigenvalue weighted by atomic mass is 9.95. The molecule has 4 aliphatic rings. The van der Waals surface area contributed by atoms with Crippen LogP contribution in [0.4, 0.5) is 37.6 Å². The van der Waals surface area contributed by atoms with Crippen molar-refractivity contribution in [3.05, 3.63) is 34.4 Å². The molecular weight excluding hydrogens is 723 g/mol. The molecule has 2 aromatic carbocycles. The summed E-state index contributed by atoms with van der Waals surface area (Å²) >= 11 is 7.56. The van der Waals surface area contributed by atoms with Crippen LogP contribution in [-0.4, -0.2) is 95.8 Å². The number of halogens is 6. The van der Waals surface area contributed by atoms with Gasteiger partial charge in [-0.15, -0.1) is 11.3 Å². The first kappa shape index (κ1) is 33.9. The Morgan fingerprint density at radius 2 is 2.10 bits per heavy atom. The second-order valence-electron chi connectivity index (χ2n) is 13.0. The summed E-state index contributed by atoms with van der Waals surface area (Å²) in [7, 11) is 0. The van der Waals surface area contributed by atoms with Gasteiger partial charge in [0.1, 0.15) is 53.6 Å². The van der Waals surface area contributed by atoms with Crippen LogP contribution in [0.3, 0.4) is 0 Å². The van der Waals surface area contributed by atoms with Crippen LogP contribution >= 0.6 is 22.9 Å². The van der Waals surface area contributed by atoms with Gasteiger partial charge in [0.15, 0.2) is 11.6 Å². The molecule has 268 valence electrons. The Morgan fingerprint density at radius 3 is 2.82 bits per heavy atom. The second-order valence-corrected chi connectivity index (χ2v) is 14.4. The largest absolute Gasteiger partial charge is 0.489 e. The maximum absolute atomic E-state index is 17.3. The quantitative estimate of drug-likeness (QED) is 0.191. The van der Waals surface area contributed by atoms with E-state index < -0.39 is 60.1 Å². The zero-order valence-electron chi connectivity index (χ0n) is 26.5. The van der Waals surface area contributed by atoms with Crippen LogP contribution in [0.15, 0.2) is 12.1 Å². The van der Waals surface area contributed by atoms with Crippen LogP contribution in [0.5, 0.6) is 11.8 Å². The fraction of sp³-hybridized carbons (Fsp3) is 0.455. The minimum Gasteiger partial charge on any atom is -0.489 e. The lowest BCUT2D eigenvalue weighted by Crippen LogP contribution is -2.50. The summed E-state index contributed by atoms with van der Waals surface area (Å²) < 4.78 is 94.2. The predicted octanol–water partition coefficient (Wildman–Crippen LogP) is 6.98. The lowest BCUT2D eigenvalue weighted by Gasteiger charge is -2.35. The summed E-state index contributed by atoms with van der Waals surface area (Å²) in [5.41, 5.74) is -1.81. The fourth-order valence-electron chi connectivity index (χ4n) is 7.96. The van der Waals surface area contributed by atoms with Crippen LogP contribution in [0, 0.1) is 23.0 Å². The molecule has 4 aliphatic heterocycles. The Morgan fingerprint density at radius 1 is 1.27 bits per heavy atom. The minimum atomic E-state index is -2.95. The van der Waals surface area contributed by atoms with Crippen LogP contribution in [-0.2, 0) is 4.74 Å². The van der Waals surface area contributed by atoms with Crippen molar-refractivity contribution >= 4 is 60.8 Å². The van der Waals surface area contributed by atoms with E-state index in [4.69, 9.17) is 25.8 Å². The fourth-order valence-corrected chi connectivity index (χ4v) is 9.37. The van der Waals surface area contributed by atoms with Gasteiger partial charge in [-0.2, -0.15) is 15.2 Å². The summed E-state index contributed by atoms with van der Waals surface area (Å²) in [6.07, 6.45) is -3.46. The van der Waals surface area contributed by atoms with Crippen molar-refractivity contribution in [1.29, 1.82) is 5.26 Å². The number of hydrogen-bond donors (Lipinski definition) is 2. The molecule has 8 rings (SSSR count). The van der Waals surface area contributed by atoms with Gasteiger partial charge in [0.25, 0.3) is 6.43 Å². The Bertz CT molecular complexity index is 2130. The Labute approximate surface area is 295 Å². The number of benzene rings is 2. The number of fused-ring (bicyclic) bond motifs is 2. The van der Waals surface area contributed by atoms with E-state index in [1.54, 1.807) is 0 Å². The number of nitriles is 1. The number of ether oxygens (including phenoxy) is 3. The van der Waals surface area contributed by atoms with Crippen molar-refractivity contribution in [2.24, 2.45) is 0 Å². The molecule has 3 fully saturated rings. The van der Waals surface area contributed by atoms with E-state index in [2.05, 4.69) is 15.3 Å². The maximum Gasteiger partial charge on any atom is 0.409 e. The maximum atomic E-state index is 17.3. The highest BCUT2D eigenvalue weighted by Crippen LogP contribution is 2.52. The molecule has 18 heteroatoms. The lowest BCUT2D eigenvalue weighted by molar-refractivity contribution is 0.0811. The second kappa shape index (κ2) is 12.8. The normalized spacial score (nSPS) is 24.6. The van der Waals surface area contributed by atoms with Gasteiger partial charge < -0.3 is 24.2 Å². The third-order valence-electron chi connectivity index (χ3n) is 10.2.